The lowest BCUT2D eigenvalue weighted by molar-refractivity contribution is -0.193. The Bertz CT molecular complexity index is 1040. The molecule has 0 spiro atoms. The van der Waals surface area contributed by atoms with Crippen molar-refractivity contribution in [2.75, 3.05) is 25.0 Å². The quantitative estimate of drug-likeness (QED) is 0.459. The molecule has 3 N–H and O–H groups in total. The second-order valence-electron chi connectivity index (χ2n) is 8.50. The summed E-state index contributed by atoms with van der Waals surface area (Å²) in [5.41, 5.74) is 0.732. The van der Waals surface area contributed by atoms with Gasteiger partial charge in [0, 0.05) is 18.7 Å². The number of anilines is 1. The van der Waals surface area contributed by atoms with Crippen molar-refractivity contribution in [1.82, 2.24) is 9.88 Å². The lowest BCUT2D eigenvalue weighted by Gasteiger charge is -2.35. The Morgan fingerprint density at radius 3 is 2.21 bits per heavy atom. The van der Waals surface area contributed by atoms with E-state index in [1.165, 1.54) is 0 Å². The lowest BCUT2D eigenvalue weighted by Crippen LogP contribution is -2.41. The number of furan rings is 1. The molecule has 0 aromatic carbocycles. The van der Waals surface area contributed by atoms with Gasteiger partial charge in [0.2, 0.25) is 5.91 Å². The molecule has 4 rings (SSSR count). The highest BCUT2D eigenvalue weighted by molar-refractivity contribution is 5.90. The van der Waals surface area contributed by atoms with Crippen LogP contribution in [0.25, 0.3) is 0 Å². The first-order valence-corrected chi connectivity index (χ1v) is 11.3. The van der Waals surface area contributed by atoms with Gasteiger partial charge in [0.1, 0.15) is 5.76 Å². The van der Waals surface area contributed by atoms with E-state index < -0.39 is 24.3 Å². The highest BCUT2D eigenvalue weighted by Gasteiger charge is 2.41. The summed E-state index contributed by atoms with van der Waals surface area (Å²) in [6.07, 6.45) is -3.60. The summed E-state index contributed by atoms with van der Waals surface area (Å²) in [6, 6.07) is 7.60. The largest absolute Gasteiger partial charge is 0.490 e. The molecule has 2 aromatic heterocycles. The summed E-state index contributed by atoms with van der Waals surface area (Å²) in [4.78, 5) is 36.5. The third-order valence-electron chi connectivity index (χ3n) is 5.66. The number of alkyl halides is 6. The molecule has 0 saturated carbocycles. The molecule has 0 bridgehead atoms. The molecule has 0 unspecified atom stereocenters. The molecule has 10 nitrogen and oxygen atoms in total. The van der Waals surface area contributed by atoms with Crippen molar-refractivity contribution in [3.05, 3.63) is 48.7 Å². The zero-order valence-electron chi connectivity index (χ0n) is 20.1. The van der Waals surface area contributed by atoms with Crippen LogP contribution in [0, 0.1) is 11.8 Å². The summed E-state index contributed by atoms with van der Waals surface area (Å²) in [5.74, 6) is -3.55. The number of carboxylic acids is 2. The summed E-state index contributed by atoms with van der Waals surface area (Å²) in [7, 11) is 0. The number of nitrogens with zero attached hydrogens (tertiary/aromatic N) is 2. The van der Waals surface area contributed by atoms with E-state index in [2.05, 4.69) is 15.2 Å². The van der Waals surface area contributed by atoms with Gasteiger partial charge in [-0.2, -0.15) is 26.3 Å². The molecule has 2 fully saturated rings. The Labute approximate surface area is 217 Å². The van der Waals surface area contributed by atoms with Crippen LogP contribution in [-0.4, -0.2) is 76.1 Å². The third kappa shape index (κ3) is 10.9. The molecule has 39 heavy (non-hydrogen) atoms. The van der Waals surface area contributed by atoms with Crippen molar-refractivity contribution in [2.45, 2.75) is 37.8 Å². The summed E-state index contributed by atoms with van der Waals surface area (Å²) < 4.78 is 74.9. The molecular formula is C23H25F6N3O7. The Balaban J connectivity index is 0.000000317. The molecule has 2 aliphatic heterocycles. The number of nitrogens with one attached hydrogen (secondary N) is 1. The van der Waals surface area contributed by atoms with Crippen molar-refractivity contribution in [3.8, 4) is 0 Å². The van der Waals surface area contributed by atoms with E-state index in [-0.39, 0.29) is 12.0 Å². The second kappa shape index (κ2) is 13.9. The number of hydrogen-bond acceptors (Lipinski definition) is 7. The van der Waals surface area contributed by atoms with E-state index in [1.54, 1.807) is 18.7 Å². The number of likely N-dealkylation sites (tertiary alicyclic amines) is 1. The van der Waals surface area contributed by atoms with Crippen LogP contribution in [0.1, 0.15) is 18.6 Å². The fourth-order valence-corrected chi connectivity index (χ4v) is 3.97. The lowest BCUT2D eigenvalue weighted by atomic mass is 9.83. The molecule has 216 valence electrons. The van der Waals surface area contributed by atoms with Gasteiger partial charge in [-0.3, -0.25) is 14.7 Å². The number of ether oxygens (including phenoxy) is 1. The topological polar surface area (TPSA) is 142 Å². The normalized spacial score (nSPS) is 20.9. The number of carboxylic acid groups (broad SMARTS) is 2. The smallest absolute Gasteiger partial charge is 0.475 e. The highest BCUT2D eigenvalue weighted by Crippen LogP contribution is 2.36. The van der Waals surface area contributed by atoms with Crippen LogP contribution >= 0.6 is 0 Å². The SMILES string of the molecule is O=C(C[C@@H]1OC[C@H]2CN(Cc3ccco3)CC[C@H]21)Nc1cccnc1.O=C(O)C(F)(F)F.O=C(O)C(F)(F)F. The van der Waals surface area contributed by atoms with Crippen LogP contribution in [0.5, 0.6) is 0 Å². The molecule has 0 aliphatic carbocycles. The maximum Gasteiger partial charge on any atom is 0.490 e. The van der Waals surface area contributed by atoms with Gasteiger partial charge in [-0.15, -0.1) is 0 Å². The Hall–Kier alpha value is -3.66. The maximum atomic E-state index is 12.3. The van der Waals surface area contributed by atoms with E-state index >= 15 is 0 Å². The number of carbonyl (C=O) groups excluding carboxylic acids is 1. The molecule has 0 radical (unpaired) electrons. The minimum Gasteiger partial charge on any atom is -0.475 e. The van der Waals surface area contributed by atoms with E-state index in [1.807, 2.05) is 24.3 Å². The van der Waals surface area contributed by atoms with E-state index in [9.17, 15) is 31.1 Å². The van der Waals surface area contributed by atoms with E-state index in [0.717, 1.165) is 44.1 Å². The monoisotopic (exact) mass is 569 g/mol. The minimum absolute atomic E-state index is 0.00309. The number of aromatic nitrogens is 1. The van der Waals surface area contributed by atoms with Crippen molar-refractivity contribution in [1.29, 1.82) is 0 Å². The van der Waals surface area contributed by atoms with Gasteiger partial charge in [-0.1, -0.05) is 0 Å². The molecule has 1 amide bonds. The number of rotatable bonds is 5. The fraction of sp³-hybridized carbons (Fsp3) is 0.478. The number of fused-ring (bicyclic) bond motifs is 1. The van der Waals surface area contributed by atoms with Crippen LogP contribution in [0.2, 0.25) is 0 Å². The van der Waals surface area contributed by atoms with Gasteiger partial charge in [0.05, 0.1) is 43.8 Å². The number of aliphatic carboxylic acids is 2. The zero-order valence-corrected chi connectivity index (χ0v) is 20.1. The molecule has 3 atom stereocenters. The van der Waals surface area contributed by atoms with Crippen molar-refractivity contribution >= 4 is 23.5 Å². The van der Waals surface area contributed by atoms with Crippen molar-refractivity contribution in [3.63, 3.8) is 0 Å². The molecule has 2 saturated heterocycles. The van der Waals surface area contributed by atoms with Gasteiger partial charge in [-0.05, 0) is 43.1 Å². The van der Waals surface area contributed by atoms with Gasteiger partial charge < -0.3 is 24.7 Å². The Morgan fingerprint density at radius 1 is 1.05 bits per heavy atom. The van der Waals surface area contributed by atoms with E-state index in [4.69, 9.17) is 29.0 Å². The molecule has 2 aliphatic rings. The van der Waals surface area contributed by atoms with Crippen LogP contribution in [0.4, 0.5) is 32.0 Å². The number of carbonyl (C=O) groups is 3. The first-order chi connectivity index (χ1) is 18.2. The minimum atomic E-state index is -5.08. The van der Waals surface area contributed by atoms with Crippen LogP contribution in [-0.2, 0) is 25.7 Å². The predicted molar refractivity (Wildman–Crippen MR) is 120 cm³/mol. The average molecular weight is 569 g/mol. The van der Waals surface area contributed by atoms with Gasteiger partial charge in [0.25, 0.3) is 0 Å². The number of halogens is 6. The van der Waals surface area contributed by atoms with Crippen LogP contribution < -0.4 is 5.32 Å². The Kier molecular flexibility index (Phi) is 11.3. The van der Waals surface area contributed by atoms with Gasteiger partial charge in [-0.25, -0.2) is 9.59 Å². The number of hydrogen-bond donors (Lipinski definition) is 3. The first-order valence-electron chi connectivity index (χ1n) is 11.3. The Morgan fingerprint density at radius 2 is 1.69 bits per heavy atom. The second-order valence-corrected chi connectivity index (χ2v) is 8.50. The standard InChI is InChI=1S/C19H23N3O3.2C2HF3O2/c23-19(21-15-3-1-6-20-10-15)9-18-17-5-7-22(11-14(17)13-25-18)12-16-4-2-8-24-16;2*3-2(4,5)1(6)7/h1-4,6,8,10,14,17-18H,5,7,9,11-13H2,(H,21,23);2*(H,6,7)/t14-,17-,18+;;/m1../s1. The molecular weight excluding hydrogens is 544 g/mol. The van der Waals surface area contributed by atoms with Crippen molar-refractivity contribution in [2.24, 2.45) is 11.8 Å². The van der Waals surface area contributed by atoms with Crippen LogP contribution in [0.3, 0.4) is 0 Å². The predicted octanol–water partition coefficient (Wildman–Crippen LogP) is 3.81. The fourth-order valence-electron chi connectivity index (χ4n) is 3.97. The summed E-state index contributed by atoms with van der Waals surface area (Å²) in [5, 5.41) is 17.1. The number of amides is 1. The van der Waals surface area contributed by atoms with Gasteiger partial charge in [0.15, 0.2) is 0 Å². The summed E-state index contributed by atoms with van der Waals surface area (Å²) in [6.45, 7) is 3.62. The van der Waals surface area contributed by atoms with Crippen molar-refractivity contribution < 1.29 is 60.1 Å². The summed E-state index contributed by atoms with van der Waals surface area (Å²) >= 11 is 0. The maximum absolute atomic E-state index is 12.3. The molecule has 4 heterocycles. The molecule has 2 aromatic rings. The van der Waals surface area contributed by atoms with E-state index in [0.29, 0.717) is 18.3 Å². The highest BCUT2D eigenvalue weighted by atomic mass is 19.4. The first kappa shape index (κ1) is 31.6. The number of pyridine rings is 1. The number of piperidine rings is 1. The van der Waals surface area contributed by atoms with Gasteiger partial charge >= 0.3 is 24.3 Å². The molecule has 16 heteroatoms. The zero-order chi connectivity index (χ0) is 29.2. The average Bonchev–Trinajstić information content (AvgIpc) is 3.49. The third-order valence-corrected chi connectivity index (χ3v) is 5.66. The van der Waals surface area contributed by atoms with Crippen LogP contribution in [0.15, 0.2) is 47.3 Å².